The van der Waals surface area contributed by atoms with Crippen molar-refractivity contribution in [2.24, 2.45) is 0 Å². The molecule has 0 radical (unpaired) electrons. The number of fused-ring (bicyclic) bond motifs is 1. The van der Waals surface area contributed by atoms with Crippen LogP contribution in [0.15, 0.2) is 35.7 Å². The first kappa shape index (κ1) is 17.5. The number of nitrogens with zero attached hydrogens (tertiary/aromatic N) is 1. The van der Waals surface area contributed by atoms with Gasteiger partial charge in [-0.25, -0.2) is 0 Å². The Labute approximate surface area is 151 Å². The van der Waals surface area contributed by atoms with Crippen LogP contribution in [0.4, 0.5) is 0 Å². The van der Waals surface area contributed by atoms with Gasteiger partial charge in [0, 0.05) is 30.3 Å². The first-order chi connectivity index (χ1) is 12.1. The summed E-state index contributed by atoms with van der Waals surface area (Å²) < 4.78 is 11.0. The van der Waals surface area contributed by atoms with Crippen molar-refractivity contribution in [2.75, 3.05) is 20.3 Å². The molecule has 25 heavy (non-hydrogen) atoms. The Morgan fingerprint density at radius 2 is 1.92 bits per heavy atom. The van der Waals surface area contributed by atoms with Gasteiger partial charge in [-0.2, -0.15) is 0 Å². The minimum atomic E-state index is -0.0671. The number of ether oxygens (including phenoxy) is 2. The summed E-state index contributed by atoms with van der Waals surface area (Å²) in [5.74, 6) is 1.14. The van der Waals surface area contributed by atoms with Gasteiger partial charge in [0.15, 0.2) is 17.3 Å². The number of rotatable bonds is 6. The van der Waals surface area contributed by atoms with E-state index in [-0.39, 0.29) is 30.6 Å². The van der Waals surface area contributed by atoms with Crippen molar-refractivity contribution in [1.82, 2.24) is 4.90 Å². The third kappa shape index (κ3) is 4.02. The highest BCUT2D eigenvalue weighted by Crippen LogP contribution is 2.31. The number of ketones is 1. The molecule has 0 saturated heterocycles. The van der Waals surface area contributed by atoms with Crippen molar-refractivity contribution in [3.05, 3.63) is 46.2 Å². The van der Waals surface area contributed by atoms with Crippen LogP contribution in [0.25, 0.3) is 0 Å². The predicted octanol–water partition coefficient (Wildman–Crippen LogP) is 3.70. The largest absolute Gasteiger partial charge is 0.486 e. The van der Waals surface area contributed by atoms with Gasteiger partial charge in [-0.1, -0.05) is 6.07 Å². The molecule has 0 N–H and O–H groups in total. The fraction of sp³-hybridized carbons (Fsp3) is 0.368. The van der Waals surface area contributed by atoms with Crippen LogP contribution >= 0.6 is 11.3 Å². The maximum absolute atomic E-state index is 12.4. The molecular formula is C19H21NO4S. The molecule has 0 bridgehead atoms. The van der Waals surface area contributed by atoms with Crippen LogP contribution < -0.4 is 9.47 Å². The van der Waals surface area contributed by atoms with E-state index >= 15 is 0 Å². The SMILES string of the molecule is C[C@H](c1cccs1)N(C)C(=O)CCC(=O)c1ccc2c(c1)OCCO2. The highest BCUT2D eigenvalue weighted by Gasteiger charge is 2.20. The Morgan fingerprint density at radius 1 is 1.16 bits per heavy atom. The third-order valence-electron chi connectivity index (χ3n) is 4.36. The summed E-state index contributed by atoms with van der Waals surface area (Å²) in [4.78, 5) is 27.6. The zero-order valence-electron chi connectivity index (χ0n) is 14.4. The molecule has 1 aromatic carbocycles. The van der Waals surface area contributed by atoms with Gasteiger partial charge >= 0.3 is 0 Å². The summed E-state index contributed by atoms with van der Waals surface area (Å²) in [5.41, 5.74) is 0.547. The highest BCUT2D eigenvalue weighted by atomic mass is 32.1. The van der Waals surface area contributed by atoms with E-state index in [1.807, 2.05) is 24.4 Å². The van der Waals surface area contributed by atoms with E-state index in [0.29, 0.717) is 30.3 Å². The van der Waals surface area contributed by atoms with Crippen molar-refractivity contribution in [3.63, 3.8) is 0 Å². The van der Waals surface area contributed by atoms with E-state index in [9.17, 15) is 9.59 Å². The summed E-state index contributed by atoms with van der Waals surface area (Å²) in [6.45, 7) is 2.99. The quantitative estimate of drug-likeness (QED) is 0.738. The zero-order chi connectivity index (χ0) is 17.8. The Kier molecular flexibility index (Phi) is 5.38. The smallest absolute Gasteiger partial charge is 0.223 e. The van der Waals surface area contributed by atoms with Crippen molar-refractivity contribution >= 4 is 23.0 Å². The van der Waals surface area contributed by atoms with Gasteiger partial charge in [0.25, 0.3) is 0 Å². The van der Waals surface area contributed by atoms with E-state index in [1.54, 1.807) is 41.5 Å². The molecule has 0 aliphatic carbocycles. The monoisotopic (exact) mass is 359 g/mol. The third-order valence-corrected chi connectivity index (χ3v) is 5.40. The Balaban J connectivity index is 1.57. The van der Waals surface area contributed by atoms with Crippen LogP contribution in [0.2, 0.25) is 0 Å². The molecule has 1 atom stereocenters. The number of carbonyl (C=O) groups is 2. The topological polar surface area (TPSA) is 55.8 Å². The Morgan fingerprint density at radius 3 is 2.64 bits per heavy atom. The molecule has 6 heteroatoms. The molecule has 1 aliphatic heterocycles. The minimum absolute atomic E-state index is 0.0110. The maximum Gasteiger partial charge on any atom is 0.223 e. The number of hydrogen-bond donors (Lipinski definition) is 0. The molecule has 1 aromatic heterocycles. The lowest BCUT2D eigenvalue weighted by Gasteiger charge is -2.24. The van der Waals surface area contributed by atoms with Crippen molar-refractivity contribution < 1.29 is 19.1 Å². The average Bonchev–Trinajstić information content (AvgIpc) is 3.18. The molecule has 2 heterocycles. The normalized spacial score (nSPS) is 14.0. The second kappa shape index (κ2) is 7.70. The summed E-state index contributed by atoms with van der Waals surface area (Å²) in [7, 11) is 1.78. The maximum atomic E-state index is 12.4. The summed E-state index contributed by atoms with van der Waals surface area (Å²) in [6.07, 6.45) is 0.374. The number of thiophene rings is 1. The van der Waals surface area contributed by atoms with E-state index in [1.165, 1.54) is 0 Å². The van der Waals surface area contributed by atoms with Crippen LogP contribution in [-0.2, 0) is 4.79 Å². The molecule has 132 valence electrons. The summed E-state index contributed by atoms with van der Waals surface area (Å²) >= 11 is 1.62. The Hall–Kier alpha value is -2.34. The van der Waals surface area contributed by atoms with E-state index in [2.05, 4.69) is 0 Å². The standard InChI is InChI=1S/C19H21NO4S/c1-13(18-4-3-11-25-18)20(2)19(22)8-6-15(21)14-5-7-16-17(12-14)24-10-9-23-16/h3-5,7,11-13H,6,8-10H2,1-2H3/t13-/m1/s1. The molecule has 0 unspecified atom stereocenters. The lowest BCUT2D eigenvalue weighted by molar-refractivity contribution is -0.131. The fourth-order valence-electron chi connectivity index (χ4n) is 2.69. The summed E-state index contributed by atoms with van der Waals surface area (Å²) in [5, 5.41) is 2.00. The van der Waals surface area contributed by atoms with E-state index in [0.717, 1.165) is 4.88 Å². The first-order valence-corrected chi connectivity index (χ1v) is 9.16. The summed E-state index contributed by atoms with van der Waals surface area (Å²) in [6, 6.07) is 9.16. The number of carbonyl (C=O) groups excluding carboxylic acids is 2. The predicted molar refractivity (Wildman–Crippen MR) is 96.5 cm³/mol. The molecular weight excluding hydrogens is 338 g/mol. The number of amides is 1. The molecule has 1 amide bonds. The Bertz CT molecular complexity index is 757. The lowest BCUT2D eigenvalue weighted by Crippen LogP contribution is -2.29. The van der Waals surface area contributed by atoms with Gasteiger partial charge in [0.2, 0.25) is 5.91 Å². The molecule has 0 spiro atoms. The van der Waals surface area contributed by atoms with Crippen LogP contribution in [-0.4, -0.2) is 36.9 Å². The molecule has 5 nitrogen and oxygen atoms in total. The van der Waals surface area contributed by atoms with Crippen LogP contribution in [0.1, 0.15) is 41.0 Å². The number of Topliss-reactive ketones (excluding diaryl/α,β-unsaturated/α-hetero) is 1. The van der Waals surface area contributed by atoms with Crippen molar-refractivity contribution in [2.45, 2.75) is 25.8 Å². The number of hydrogen-bond acceptors (Lipinski definition) is 5. The second-order valence-corrected chi connectivity index (χ2v) is 6.96. The fourth-order valence-corrected chi connectivity index (χ4v) is 3.52. The minimum Gasteiger partial charge on any atom is -0.486 e. The first-order valence-electron chi connectivity index (χ1n) is 8.28. The molecule has 3 rings (SSSR count). The van der Waals surface area contributed by atoms with Crippen LogP contribution in [0.5, 0.6) is 11.5 Å². The molecule has 2 aromatic rings. The second-order valence-electron chi connectivity index (χ2n) is 5.98. The van der Waals surface area contributed by atoms with E-state index < -0.39 is 0 Å². The zero-order valence-corrected chi connectivity index (χ0v) is 15.2. The van der Waals surface area contributed by atoms with Gasteiger partial charge in [-0.15, -0.1) is 11.3 Å². The lowest BCUT2D eigenvalue weighted by atomic mass is 10.0. The average molecular weight is 359 g/mol. The van der Waals surface area contributed by atoms with Crippen molar-refractivity contribution in [1.29, 1.82) is 0 Å². The van der Waals surface area contributed by atoms with Crippen molar-refractivity contribution in [3.8, 4) is 11.5 Å². The molecule has 0 saturated carbocycles. The molecule has 1 aliphatic rings. The van der Waals surface area contributed by atoms with E-state index in [4.69, 9.17) is 9.47 Å². The van der Waals surface area contributed by atoms with Gasteiger partial charge in [-0.3, -0.25) is 9.59 Å². The van der Waals surface area contributed by atoms with Gasteiger partial charge < -0.3 is 14.4 Å². The molecule has 0 fully saturated rings. The van der Waals surface area contributed by atoms with Crippen LogP contribution in [0.3, 0.4) is 0 Å². The number of benzene rings is 1. The van der Waals surface area contributed by atoms with Gasteiger partial charge in [-0.05, 0) is 36.6 Å². The van der Waals surface area contributed by atoms with Crippen LogP contribution in [0, 0.1) is 0 Å². The van der Waals surface area contributed by atoms with Gasteiger partial charge in [0.1, 0.15) is 13.2 Å². The van der Waals surface area contributed by atoms with Gasteiger partial charge in [0.05, 0.1) is 6.04 Å². The highest BCUT2D eigenvalue weighted by molar-refractivity contribution is 7.10.